The molecule has 0 saturated heterocycles. The maximum Gasteiger partial charge on any atom is 0.258 e. The molecule has 202 valence electrons. The molecule has 0 unspecified atom stereocenters. The second-order valence-electron chi connectivity index (χ2n) is 9.00. The Hall–Kier alpha value is -2.43. The third-order valence-corrected chi connectivity index (χ3v) is 7.18. The van der Waals surface area contributed by atoms with Crippen molar-refractivity contribution in [2.45, 2.75) is 51.7 Å². The molecule has 0 spiro atoms. The highest BCUT2D eigenvalue weighted by molar-refractivity contribution is 7.98. The number of hydrogen-bond donors (Lipinski definition) is 3. The van der Waals surface area contributed by atoms with E-state index in [-0.39, 0.29) is 6.61 Å². The Morgan fingerprint density at radius 2 is 1.92 bits per heavy atom. The first-order chi connectivity index (χ1) is 17.9. The molecule has 37 heavy (non-hydrogen) atoms. The first kappa shape index (κ1) is 29.1. The van der Waals surface area contributed by atoms with E-state index in [4.69, 9.17) is 20.0 Å². The van der Waals surface area contributed by atoms with Crippen LogP contribution in [-0.4, -0.2) is 71.8 Å². The molecule has 0 fully saturated rings. The largest absolute Gasteiger partial charge is 0.490 e. The van der Waals surface area contributed by atoms with Crippen LogP contribution < -0.4 is 15.8 Å². The van der Waals surface area contributed by atoms with Gasteiger partial charge >= 0.3 is 0 Å². The fraction of sp³-hybridized carbons (Fsp3) is 0.500. The van der Waals surface area contributed by atoms with E-state index in [0.29, 0.717) is 31.3 Å². The number of hydrogen-bond acceptors (Lipinski definition) is 9. The first-order valence-electron chi connectivity index (χ1n) is 13.0. The van der Waals surface area contributed by atoms with Crippen LogP contribution in [0.5, 0.6) is 5.75 Å². The Bertz CT molecular complexity index is 1130. The zero-order valence-electron chi connectivity index (χ0n) is 22.7. The molecule has 0 radical (unpaired) electrons. The van der Waals surface area contributed by atoms with Gasteiger partial charge in [0.2, 0.25) is 5.82 Å². The number of rotatable bonds is 15. The molecule has 0 aliphatic rings. The minimum absolute atomic E-state index is 0.207. The van der Waals surface area contributed by atoms with Gasteiger partial charge in [-0.2, -0.15) is 4.98 Å². The van der Waals surface area contributed by atoms with Crippen LogP contribution in [0.1, 0.15) is 37.5 Å². The number of nitrogens with zero attached hydrogens (tertiary/aromatic N) is 3. The summed E-state index contributed by atoms with van der Waals surface area (Å²) >= 11 is 1.73. The summed E-state index contributed by atoms with van der Waals surface area (Å²) in [7, 11) is 0. The van der Waals surface area contributed by atoms with Crippen LogP contribution in [0.15, 0.2) is 39.8 Å². The molecule has 2 aromatic carbocycles. The van der Waals surface area contributed by atoms with Crippen molar-refractivity contribution in [3.63, 3.8) is 0 Å². The second kappa shape index (κ2) is 14.5. The zero-order valence-corrected chi connectivity index (χ0v) is 23.5. The van der Waals surface area contributed by atoms with E-state index in [2.05, 4.69) is 60.6 Å². The molecule has 1 atom stereocenters. The highest BCUT2D eigenvalue weighted by atomic mass is 32.2. The molecule has 1 aromatic heterocycles. The van der Waals surface area contributed by atoms with Gasteiger partial charge in [0.1, 0.15) is 18.5 Å². The van der Waals surface area contributed by atoms with Crippen molar-refractivity contribution in [2.75, 3.05) is 45.6 Å². The van der Waals surface area contributed by atoms with Crippen molar-refractivity contribution in [3.8, 4) is 28.6 Å². The summed E-state index contributed by atoms with van der Waals surface area (Å²) in [5, 5.41) is 17.6. The number of aliphatic hydroxyl groups excluding tert-OH is 1. The number of nitrogens with one attached hydrogen (secondary N) is 1. The number of aromatic nitrogens is 2. The first-order valence-corrected chi connectivity index (χ1v) is 14.2. The monoisotopic (exact) mass is 527 g/mol. The van der Waals surface area contributed by atoms with Gasteiger partial charge in [0, 0.05) is 42.2 Å². The van der Waals surface area contributed by atoms with E-state index in [9.17, 15) is 5.11 Å². The third kappa shape index (κ3) is 7.78. The quantitative estimate of drug-likeness (QED) is 0.198. The number of nitrogens with two attached hydrogens (primary N) is 1. The highest BCUT2D eigenvalue weighted by Crippen LogP contribution is 2.32. The van der Waals surface area contributed by atoms with Gasteiger partial charge in [-0.1, -0.05) is 32.0 Å². The van der Waals surface area contributed by atoms with E-state index in [1.54, 1.807) is 11.8 Å². The zero-order chi connectivity index (χ0) is 26.8. The van der Waals surface area contributed by atoms with Gasteiger partial charge in [-0.25, -0.2) is 0 Å². The van der Waals surface area contributed by atoms with Crippen molar-refractivity contribution in [1.82, 2.24) is 20.4 Å². The predicted octanol–water partition coefficient (Wildman–Crippen LogP) is 4.13. The smallest absolute Gasteiger partial charge is 0.258 e. The molecular weight excluding hydrogens is 486 g/mol. The van der Waals surface area contributed by atoms with Crippen molar-refractivity contribution < 1.29 is 14.4 Å². The number of ether oxygens (including phenoxy) is 1. The molecular formula is C28H41N5O3S. The summed E-state index contributed by atoms with van der Waals surface area (Å²) in [4.78, 5) is 8.34. The molecule has 0 amide bonds. The van der Waals surface area contributed by atoms with Crippen molar-refractivity contribution in [1.29, 1.82) is 0 Å². The third-order valence-electron chi connectivity index (χ3n) is 6.36. The molecule has 3 aromatic rings. The Morgan fingerprint density at radius 1 is 1.14 bits per heavy atom. The molecule has 3 rings (SSSR count). The molecule has 0 bridgehead atoms. The lowest BCUT2D eigenvalue weighted by molar-refractivity contribution is 0.106. The van der Waals surface area contributed by atoms with E-state index < -0.39 is 6.10 Å². The van der Waals surface area contributed by atoms with Crippen LogP contribution in [0.25, 0.3) is 22.8 Å². The molecule has 0 aliphatic heterocycles. The number of aliphatic hydroxyl groups is 1. The molecule has 0 saturated carbocycles. The number of aryl methyl sites for hydroxylation is 2. The number of thioether (sulfide) groups is 1. The van der Waals surface area contributed by atoms with E-state index in [0.717, 1.165) is 54.1 Å². The predicted molar refractivity (Wildman–Crippen MR) is 151 cm³/mol. The molecule has 4 N–H and O–H groups in total. The van der Waals surface area contributed by atoms with Crippen LogP contribution in [0.3, 0.4) is 0 Å². The second-order valence-corrected chi connectivity index (χ2v) is 9.85. The van der Waals surface area contributed by atoms with Crippen molar-refractivity contribution in [3.05, 3.63) is 47.0 Å². The normalized spacial score (nSPS) is 12.3. The summed E-state index contributed by atoms with van der Waals surface area (Å²) in [6.07, 6.45) is 2.26. The van der Waals surface area contributed by atoms with E-state index >= 15 is 0 Å². The fourth-order valence-electron chi connectivity index (χ4n) is 4.21. The van der Waals surface area contributed by atoms with E-state index in [1.807, 2.05) is 19.1 Å². The van der Waals surface area contributed by atoms with Crippen LogP contribution in [-0.2, 0) is 13.0 Å². The lowest BCUT2D eigenvalue weighted by atomic mass is 10.0. The lowest BCUT2D eigenvalue weighted by Crippen LogP contribution is -2.34. The summed E-state index contributed by atoms with van der Waals surface area (Å²) < 4.78 is 11.7. The van der Waals surface area contributed by atoms with Gasteiger partial charge in [-0.3, -0.25) is 4.90 Å². The molecule has 8 nitrogen and oxygen atoms in total. The van der Waals surface area contributed by atoms with Crippen LogP contribution >= 0.6 is 11.8 Å². The van der Waals surface area contributed by atoms with E-state index in [1.165, 1.54) is 10.5 Å². The molecule has 1 heterocycles. The lowest BCUT2D eigenvalue weighted by Gasteiger charge is -2.19. The Morgan fingerprint density at radius 3 is 2.59 bits per heavy atom. The Labute approximate surface area is 225 Å². The minimum Gasteiger partial charge on any atom is -0.490 e. The van der Waals surface area contributed by atoms with Gasteiger partial charge < -0.3 is 25.4 Å². The van der Waals surface area contributed by atoms with Gasteiger partial charge in [0.25, 0.3) is 5.89 Å². The fourth-order valence-corrected chi connectivity index (χ4v) is 4.85. The SMILES string of the molecule is CCc1cc(-c2noc(-c3ccc(CN(CC)CC)c(SC)c3)n2)cc(C)c1OC[C@@H](O)CNCCN. The van der Waals surface area contributed by atoms with Crippen LogP contribution in [0.2, 0.25) is 0 Å². The van der Waals surface area contributed by atoms with Gasteiger partial charge in [-0.05, 0) is 73.6 Å². The van der Waals surface area contributed by atoms with Gasteiger partial charge in [0.05, 0.1) is 0 Å². The maximum atomic E-state index is 10.2. The van der Waals surface area contributed by atoms with Gasteiger partial charge in [0.15, 0.2) is 0 Å². The molecule has 9 heteroatoms. The average Bonchev–Trinajstić information content (AvgIpc) is 3.41. The van der Waals surface area contributed by atoms with Crippen LogP contribution in [0.4, 0.5) is 0 Å². The topological polar surface area (TPSA) is 110 Å². The van der Waals surface area contributed by atoms with Crippen LogP contribution in [0, 0.1) is 6.92 Å². The summed E-state index contributed by atoms with van der Waals surface area (Å²) in [5.74, 6) is 1.84. The molecule has 0 aliphatic carbocycles. The van der Waals surface area contributed by atoms with Crippen molar-refractivity contribution in [2.24, 2.45) is 5.73 Å². The number of benzene rings is 2. The highest BCUT2D eigenvalue weighted by Gasteiger charge is 2.17. The minimum atomic E-state index is -0.611. The Balaban J connectivity index is 1.78. The summed E-state index contributed by atoms with van der Waals surface area (Å²) in [6.45, 7) is 13.3. The van der Waals surface area contributed by atoms with Crippen molar-refractivity contribution >= 4 is 11.8 Å². The maximum absolute atomic E-state index is 10.2. The average molecular weight is 528 g/mol. The summed E-state index contributed by atoms with van der Waals surface area (Å²) in [6, 6.07) is 10.4. The van der Waals surface area contributed by atoms with Gasteiger partial charge in [-0.15, -0.1) is 11.8 Å². The standard InChI is InChI=1S/C28H41N5O3S/c1-6-20-14-23(13-19(4)26(20)35-18-24(34)16-30-12-11-29)27-31-28(36-32-27)21-9-10-22(25(15-21)37-5)17-33(7-2)8-3/h9-10,13-15,24,30,34H,6-8,11-12,16-18,29H2,1-5H3/t24-/m0/s1. The Kier molecular flexibility index (Phi) is 11.4. The summed E-state index contributed by atoms with van der Waals surface area (Å²) in [5.41, 5.74) is 10.6.